The van der Waals surface area contributed by atoms with E-state index >= 15 is 0 Å². The van der Waals surface area contributed by atoms with Gasteiger partial charge in [-0.15, -0.1) is 0 Å². The Balaban J connectivity index is 1.85. The summed E-state index contributed by atoms with van der Waals surface area (Å²) in [4.78, 5) is 26.1. The van der Waals surface area contributed by atoms with Gasteiger partial charge in [-0.3, -0.25) is 14.3 Å². The van der Waals surface area contributed by atoms with E-state index in [1.807, 2.05) is 4.90 Å². The van der Waals surface area contributed by atoms with Crippen LogP contribution in [-0.2, 0) is 14.8 Å². The van der Waals surface area contributed by atoms with Crippen LogP contribution in [0.25, 0.3) is 0 Å². The number of carbonyl (C=O) groups excluding carboxylic acids is 2. The molecule has 0 unspecified atom stereocenters. The fourth-order valence-corrected chi connectivity index (χ4v) is 3.39. The topological polar surface area (TPSA) is 95.6 Å². The predicted molar refractivity (Wildman–Crippen MR) is 96.9 cm³/mol. The van der Waals surface area contributed by atoms with Crippen LogP contribution < -0.4 is 10.0 Å². The maximum absolute atomic E-state index is 12.3. The SMILES string of the molecule is CS(=O)(=O)Nc1ccccc1C(=O)NCCCN1CCCCCC1=O. The Morgan fingerprint density at radius 3 is 2.72 bits per heavy atom. The summed E-state index contributed by atoms with van der Waals surface area (Å²) >= 11 is 0. The van der Waals surface area contributed by atoms with Crippen LogP contribution in [0.2, 0.25) is 0 Å². The van der Waals surface area contributed by atoms with E-state index in [4.69, 9.17) is 0 Å². The van der Waals surface area contributed by atoms with Gasteiger partial charge < -0.3 is 10.2 Å². The number of carbonyl (C=O) groups is 2. The largest absolute Gasteiger partial charge is 0.352 e. The Hall–Kier alpha value is -2.09. The number of amides is 2. The van der Waals surface area contributed by atoms with Crippen molar-refractivity contribution < 1.29 is 18.0 Å². The number of anilines is 1. The van der Waals surface area contributed by atoms with Crippen LogP contribution in [0.1, 0.15) is 42.5 Å². The van der Waals surface area contributed by atoms with Crippen LogP contribution in [-0.4, -0.2) is 51.0 Å². The number of sulfonamides is 1. The van der Waals surface area contributed by atoms with Crippen molar-refractivity contribution in [1.82, 2.24) is 10.2 Å². The van der Waals surface area contributed by atoms with E-state index in [1.54, 1.807) is 24.3 Å². The normalized spacial score (nSPS) is 15.6. The molecular formula is C17H25N3O4S. The number of hydrogen-bond donors (Lipinski definition) is 2. The standard InChI is InChI=1S/C17H25N3O4S/c1-25(23,24)19-15-9-5-4-8-14(15)17(22)18-11-7-13-20-12-6-2-3-10-16(20)21/h4-5,8-9,19H,2-3,6-7,10-13H2,1H3,(H,18,22). The quantitative estimate of drug-likeness (QED) is 0.715. The highest BCUT2D eigenvalue weighted by atomic mass is 32.2. The van der Waals surface area contributed by atoms with Crippen LogP contribution in [0.15, 0.2) is 24.3 Å². The maximum atomic E-state index is 12.3. The minimum Gasteiger partial charge on any atom is -0.352 e. The molecule has 2 amide bonds. The van der Waals surface area contributed by atoms with E-state index in [1.165, 1.54) is 0 Å². The van der Waals surface area contributed by atoms with Gasteiger partial charge in [0, 0.05) is 26.1 Å². The average molecular weight is 367 g/mol. The van der Waals surface area contributed by atoms with Gasteiger partial charge in [0.15, 0.2) is 0 Å². The van der Waals surface area contributed by atoms with Crippen molar-refractivity contribution in [2.24, 2.45) is 0 Å². The van der Waals surface area contributed by atoms with Gasteiger partial charge in [0.1, 0.15) is 0 Å². The zero-order valence-electron chi connectivity index (χ0n) is 14.5. The summed E-state index contributed by atoms with van der Waals surface area (Å²) in [6, 6.07) is 6.46. The smallest absolute Gasteiger partial charge is 0.253 e. The van der Waals surface area contributed by atoms with Crippen LogP contribution in [0.4, 0.5) is 5.69 Å². The first kappa shape index (κ1) is 19.2. The molecule has 1 fully saturated rings. The zero-order chi connectivity index (χ0) is 18.3. The Morgan fingerprint density at radius 1 is 1.20 bits per heavy atom. The van der Waals surface area contributed by atoms with Crippen molar-refractivity contribution in [3.05, 3.63) is 29.8 Å². The number of benzene rings is 1. The van der Waals surface area contributed by atoms with Crippen LogP contribution >= 0.6 is 0 Å². The lowest BCUT2D eigenvalue weighted by molar-refractivity contribution is -0.130. The molecule has 2 rings (SSSR count). The molecule has 0 spiro atoms. The molecule has 7 nitrogen and oxygen atoms in total. The first-order valence-electron chi connectivity index (χ1n) is 8.49. The summed E-state index contributed by atoms with van der Waals surface area (Å²) in [5.41, 5.74) is 0.531. The highest BCUT2D eigenvalue weighted by Gasteiger charge is 2.16. The lowest BCUT2D eigenvalue weighted by Crippen LogP contribution is -2.34. The summed E-state index contributed by atoms with van der Waals surface area (Å²) in [6.45, 7) is 1.84. The zero-order valence-corrected chi connectivity index (χ0v) is 15.3. The molecule has 1 heterocycles. The fourth-order valence-electron chi connectivity index (χ4n) is 2.81. The molecule has 0 aliphatic carbocycles. The molecule has 138 valence electrons. The molecule has 1 saturated heterocycles. The minimum absolute atomic E-state index is 0.187. The van der Waals surface area contributed by atoms with Crippen molar-refractivity contribution in [1.29, 1.82) is 0 Å². The van der Waals surface area contributed by atoms with Crippen molar-refractivity contribution in [2.45, 2.75) is 32.1 Å². The van der Waals surface area contributed by atoms with Crippen molar-refractivity contribution in [2.75, 3.05) is 30.6 Å². The second-order valence-electron chi connectivity index (χ2n) is 6.22. The predicted octanol–water partition coefficient (Wildman–Crippen LogP) is 1.58. The molecule has 0 saturated carbocycles. The first-order chi connectivity index (χ1) is 11.9. The molecule has 1 aliphatic rings. The van der Waals surface area contributed by atoms with Crippen molar-refractivity contribution in [3.8, 4) is 0 Å². The van der Waals surface area contributed by atoms with E-state index in [9.17, 15) is 18.0 Å². The Bertz CT molecular complexity index is 718. The molecule has 0 atom stereocenters. The van der Waals surface area contributed by atoms with Gasteiger partial charge >= 0.3 is 0 Å². The first-order valence-corrected chi connectivity index (χ1v) is 10.4. The number of para-hydroxylation sites is 1. The van der Waals surface area contributed by atoms with E-state index in [2.05, 4.69) is 10.0 Å². The lowest BCUT2D eigenvalue weighted by Gasteiger charge is -2.20. The molecule has 8 heteroatoms. The molecule has 1 aliphatic heterocycles. The minimum atomic E-state index is -3.46. The summed E-state index contributed by atoms with van der Waals surface area (Å²) in [6.07, 6.45) is 5.39. The Labute approximate surface area is 148 Å². The number of likely N-dealkylation sites (tertiary alicyclic amines) is 1. The van der Waals surface area contributed by atoms with Gasteiger partial charge in [0.2, 0.25) is 15.9 Å². The highest BCUT2D eigenvalue weighted by Crippen LogP contribution is 2.16. The van der Waals surface area contributed by atoms with E-state index in [0.29, 0.717) is 25.9 Å². The van der Waals surface area contributed by atoms with Crippen LogP contribution in [0.5, 0.6) is 0 Å². The van der Waals surface area contributed by atoms with Gasteiger partial charge in [0.25, 0.3) is 5.91 Å². The molecule has 0 aromatic heterocycles. The van der Waals surface area contributed by atoms with Gasteiger partial charge in [0.05, 0.1) is 17.5 Å². The molecule has 1 aromatic rings. The summed E-state index contributed by atoms with van der Waals surface area (Å²) in [5, 5.41) is 2.78. The van der Waals surface area contributed by atoms with Gasteiger partial charge in [-0.1, -0.05) is 18.6 Å². The van der Waals surface area contributed by atoms with Gasteiger partial charge in [-0.05, 0) is 31.4 Å². The van der Waals surface area contributed by atoms with Crippen molar-refractivity contribution >= 4 is 27.5 Å². The lowest BCUT2D eigenvalue weighted by atomic mass is 10.1. The monoisotopic (exact) mass is 367 g/mol. The Kier molecular flexibility index (Phi) is 6.81. The second kappa shape index (κ2) is 8.84. The molecular weight excluding hydrogens is 342 g/mol. The van der Waals surface area contributed by atoms with Gasteiger partial charge in [-0.2, -0.15) is 0 Å². The van der Waals surface area contributed by atoms with Crippen molar-refractivity contribution in [3.63, 3.8) is 0 Å². The fraction of sp³-hybridized carbons (Fsp3) is 0.529. The number of nitrogens with one attached hydrogen (secondary N) is 2. The molecule has 0 radical (unpaired) electrons. The molecule has 25 heavy (non-hydrogen) atoms. The Morgan fingerprint density at radius 2 is 1.96 bits per heavy atom. The third-order valence-corrected chi connectivity index (χ3v) is 4.62. The number of hydrogen-bond acceptors (Lipinski definition) is 4. The summed E-state index contributed by atoms with van der Waals surface area (Å²) in [5.74, 6) is -0.152. The third-order valence-electron chi connectivity index (χ3n) is 4.03. The van der Waals surface area contributed by atoms with Gasteiger partial charge in [-0.25, -0.2) is 8.42 Å². The summed E-state index contributed by atoms with van der Waals surface area (Å²) in [7, 11) is -3.46. The molecule has 1 aromatic carbocycles. The van der Waals surface area contributed by atoms with Crippen LogP contribution in [0.3, 0.4) is 0 Å². The number of rotatable bonds is 7. The second-order valence-corrected chi connectivity index (χ2v) is 7.97. The molecule has 2 N–H and O–H groups in total. The average Bonchev–Trinajstić information content (AvgIpc) is 2.75. The third kappa shape index (κ3) is 6.38. The van der Waals surface area contributed by atoms with E-state index < -0.39 is 10.0 Å². The van der Waals surface area contributed by atoms with Crippen LogP contribution in [0, 0.1) is 0 Å². The maximum Gasteiger partial charge on any atom is 0.253 e. The molecule has 0 bridgehead atoms. The summed E-state index contributed by atoms with van der Waals surface area (Å²) < 4.78 is 25.1. The number of nitrogens with zero attached hydrogens (tertiary/aromatic N) is 1. The highest BCUT2D eigenvalue weighted by molar-refractivity contribution is 7.92. The van der Waals surface area contributed by atoms with E-state index in [-0.39, 0.29) is 23.1 Å². The van der Waals surface area contributed by atoms with E-state index in [0.717, 1.165) is 32.1 Å².